The van der Waals surface area contributed by atoms with Crippen molar-refractivity contribution in [3.63, 3.8) is 0 Å². The lowest BCUT2D eigenvalue weighted by atomic mass is 10.3. The first kappa shape index (κ1) is 7.60. The molecule has 0 bridgehead atoms. The van der Waals surface area contributed by atoms with E-state index < -0.39 is 0 Å². The molecule has 13 heavy (non-hydrogen) atoms. The summed E-state index contributed by atoms with van der Waals surface area (Å²) in [5.41, 5.74) is 12.5. The van der Waals surface area contributed by atoms with Gasteiger partial charge in [0.05, 0.1) is 5.69 Å². The summed E-state index contributed by atoms with van der Waals surface area (Å²) in [7, 11) is 0. The molecule has 0 atom stereocenters. The maximum absolute atomic E-state index is 5.73. The first-order valence-corrected chi connectivity index (χ1v) is 3.79. The van der Waals surface area contributed by atoms with Gasteiger partial charge in [-0.1, -0.05) is 0 Å². The molecular weight excluding hydrogens is 166 g/mol. The first-order chi connectivity index (χ1) is 6.29. The van der Waals surface area contributed by atoms with E-state index in [0.717, 1.165) is 5.69 Å². The Labute approximate surface area is 75.0 Å². The van der Waals surface area contributed by atoms with Crippen molar-refractivity contribution < 1.29 is 0 Å². The minimum atomic E-state index is 0.327. The fourth-order valence-electron chi connectivity index (χ4n) is 1.09. The summed E-state index contributed by atoms with van der Waals surface area (Å²) >= 11 is 0. The average molecular weight is 175 g/mol. The lowest BCUT2D eigenvalue weighted by Gasteiger charge is -2.06. The second kappa shape index (κ2) is 2.78. The number of nitrogens with two attached hydrogens (primary N) is 2. The second-order valence-electron chi connectivity index (χ2n) is 2.58. The van der Waals surface area contributed by atoms with Gasteiger partial charge in [0.1, 0.15) is 11.5 Å². The summed E-state index contributed by atoms with van der Waals surface area (Å²) < 4.78 is 1.65. The largest absolute Gasteiger partial charge is 0.394 e. The van der Waals surface area contributed by atoms with E-state index in [0.29, 0.717) is 11.5 Å². The van der Waals surface area contributed by atoms with Crippen molar-refractivity contribution in [3.8, 4) is 5.69 Å². The molecule has 4 N–H and O–H groups in total. The van der Waals surface area contributed by atoms with Crippen molar-refractivity contribution in [3.05, 3.63) is 30.7 Å². The van der Waals surface area contributed by atoms with Gasteiger partial charge in [-0.25, -0.2) is 9.67 Å². The van der Waals surface area contributed by atoms with E-state index in [1.807, 2.05) is 6.07 Å². The molecule has 5 heteroatoms. The van der Waals surface area contributed by atoms with Crippen LogP contribution in [0.3, 0.4) is 0 Å². The van der Waals surface area contributed by atoms with Crippen LogP contribution in [0.25, 0.3) is 5.69 Å². The van der Waals surface area contributed by atoms with E-state index in [4.69, 9.17) is 11.5 Å². The lowest BCUT2D eigenvalue weighted by molar-refractivity contribution is 0.881. The highest BCUT2D eigenvalue weighted by atomic mass is 15.3. The third-order valence-corrected chi connectivity index (χ3v) is 1.75. The van der Waals surface area contributed by atoms with Gasteiger partial charge in [0.2, 0.25) is 0 Å². The molecule has 0 amide bonds. The highest BCUT2D eigenvalue weighted by Gasteiger charge is 2.04. The Morgan fingerprint density at radius 2 is 2.08 bits per heavy atom. The molecule has 2 rings (SSSR count). The van der Waals surface area contributed by atoms with Crippen LogP contribution >= 0.6 is 0 Å². The maximum atomic E-state index is 5.73. The van der Waals surface area contributed by atoms with Gasteiger partial charge in [0, 0.05) is 18.6 Å². The Hall–Kier alpha value is -2.04. The molecule has 0 saturated heterocycles. The Morgan fingerprint density at radius 3 is 2.77 bits per heavy atom. The summed E-state index contributed by atoms with van der Waals surface area (Å²) in [6, 6.07) is 3.58. The molecule has 66 valence electrons. The van der Waals surface area contributed by atoms with Crippen LogP contribution in [0.4, 0.5) is 11.5 Å². The molecule has 0 radical (unpaired) electrons. The van der Waals surface area contributed by atoms with Crippen molar-refractivity contribution in [1.82, 2.24) is 14.8 Å². The van der Waals surface area contributed by atoms with Crippen LogP contribution < -0.4 is 11.5 Å². The highest BCUT2D eigenvalue weighted by Crippen LogP contribution is 2.19. The third kappa shape index (κ3) is 1.20. The number of hydrogen-bond acceptors (Lipinski definition) is 4. The Morgan fingerprint density at radius 1 is 1.23 bits per heavy atom. The Kier molecular flexibility index (Phi) is 1.63. The molecule has 2 aromatic rings. The second-order valence-corrected chi connectivity index (χ2v) is 2.58. The number of anilines is 2. The summed E-state index contributed by atoms with van der Waals surface area (Å²) in [4.78, 5) is 3.86. The molecule has 0 aromatic carbocycles. The normalized spacial score (nSPS) is 10.2. The van der Waals surface area contributed by atoms with E-state index in [-0.39, 0.29) is 0 Å². The monoisotopic (exact) mass is 175 g/mol. The summed E-state index contributed by atoms with van der Waals surface area (Å²) in [6.45, 7) is 0. The predicted octanol–water partition coefficient (Wildman–Crippen LogP) is 0.432. The predicted molar refractivity (Wildman–Crippen MR) is 50.2 cm³/mol. The molecule has 0 aliphatic carbocycles. The number of rotatable bonds is 1. The standard InChI is InChI=1S/C8H9N5/c9-7-6(2-4-11-8(7)10)13-5-1-3-12-13/h1-5H,9H2,(H2,10,11). The average Bonchev–Trinajstić information content (AvgIpc) is 2.62. The van der Waals surface area contributed by atoms with Gasteiger partial charge in [-0.05, 0) is 12.1 Å². The number of hydrogen-bond donors (Lipinski definition) is 2. The smallest absolute Gasteiger partial charge is 0.148 e. The van der Waals surface area contributed by atoms with Crippen LogP contribution in [0.15, 0.2) is 30.7 Å². The number of aromatic nitrogens is 3. The van der Waals surface area contributed by atoms with Gasteiger partial charge in [0.15, 0.2) is 0 Å². The van der Waals surface area contributed by atoms with Gasteiger partial charge >= 0.3 is 0 Å². The first-order valence-electron chi connectivity index (χ1n) is 3.79. The van der Waals surface area contributed by atoms with Crippen molar-refractivity contribution in [2.24, 2.45) is 0 Å². The number of nitrogens with zero attached hydrogens (tertiary/aromatic N) is 3. The third-order valence-electron chi connectivity index (χ3n) is 1.75. The zero-order valence-corrected chi connectivity index (χ0v) is 6.88. The SMILES string of the molecule is Nc1nccc(-n2cccn2)c1N. The van der Waals surface area contributed by atoms with Crippen molar-refractivity contribution >= 4 is 11.5 Å². The van der Waals surface area contributed by atoms with Gasteiger partial charge in [0.25, 0.3) is 0 Å². The van der Waals surface area contributed by atoms with Crippen LogP contribution in [0.1, 0.15) is 0 Å². The topological polar surface area (TPSA) is 82.8 Å². The quantitative estimate of drug-likeness (QED) is 0.658. The minimum absolute atomic E-state index is 0.327. The van der Waals surface area contributed by atoms with Crippen molar-refractivity contribution in [2.45, 2.75) is 0 Å². The molecular formula is C8H9N5. The molecule has 0 aliphatic rings. The lowest BCUT2D eigenvalue weighted by Crippen LogP contribution is -2.04. The van der Waals surface area contributed by atoms with E-state index in [1.54, 1.807) is 29.3 Å². The molecule has 0 spiro atoms. The summed E-state index contributed by atoms with van der Waals surface area (Å²) in [5.74, 6) is 0.327. The van der Waals surface area contributed by atoms with Gasteiger partial charge in [-0.3, -0.25) is 0 Å². The molecule has 2 aromatic heterocycles. The maximum Gasteiger partial charge on any atom is 0.148 e. The Balaban J connectivity index is 2.59. The molecule has 2 heterocycles. The molecule has 0 unspecified atom stereocenters. The number of nitrogen functional groups attached to an aromatic ring is 2. The fourth-order valence-corrected chi connectivity index (χ4v) is 1.09. The molecule has 5 nitrogen and oxygen atoms in total. The van der Waals surface area contributed by atoms with Gasteiger partial charge < -0.3 is 11.5 Å². The van der Waals surface area contributed by atoms with Crippen LogP contribution in [-0.2, 0) is 0 Å². The van der Waals surface area contributed by atoms with Crippen molar-refractivity contribution in [2.75, 3.05) is 11.5 Å². The molecule has 0 aliphatic heterocycles. The fraction of sp³-hybridized carbons (Fsp3) is 0. The van der Waals surface area contributed by atoms with Crippen LogP contribution in [-0.4, -0.2) is 14.8 Å². The minimum Gasteiger partial charge on any atom is -0.394 e. The van der Waals surface area contributed by atoms with Gasteiger partial charge in [-0.15, -0.1) is 0 Å². The summed E-state index contributed by atoms with van der Waals surface area (Å²) in [5, 5.41) is 4.04. The van der Waals surface area contributed by atoms with E-state index in [9.17, 15) is 0 Å². The number of pyridine rings is 1. The Bertz CT molecular complexity index is 406. The highest BCUT2D eigenvalue weighted by molar-refractivity contribution is 5.69. The van der Waals surface area contributed by atoms with E-state index in [2.05, 4.69) is 10.1 Å². The van der Waals surface area contributed by atoms with Crippen LogP contribution in [0.5, 0.6) is 0 Å². The molecule has 0 saturated carbocycles. The van der Waals surface area contributed by atoms with E-state index in [1.165, 1.54) is 0 Å². The van der Waals surface area contributed by atoms with Crippen LogP contribution in [0.2, 0.25) is 0 Å². The zero-order chi connectivity index (χ0) is 9.26. The zero-order valence-electron chi connectivity index (χ0n) is 6.88. The van der Waals surface area contributed by atoms with Crippen molar-refractivity contribution in [1.29, 1.82) is 0 Å². The van der Waals surface area contributed by atoms with E-state index >= 15 is 0 Å². The van der Waals surface area contributed by atoms with Gasteiger partial charge in [-0.2, -0.15) is 5.10 Å². The summed E-state index contributed by atoms with van der Waals surface area (Å²) in [6.07, 6.45) is 5.07. The van der Waals surface area contributed by atoms with Crippen LogP contribution in [0, 0.1) is 0 Å². The molecule has 0 fully saturated rings.